The molecule has 0 N–H and O–H groups in total. The lowest BCUT2D eigenvalue weighted by atomic mass is 10.2. The standard InChI is InChI=1S/C22H20Cl3N3O/c23-18-6-4-17(5-7-18)22(29)28(12-15-1-2-15)14-21-26-9-10-27(21)13-16-3-8-19(24)20(25)11-16/h3-11,15H,1-2,12-14H2. The zero-order valence-electron chi connectivity index (χ0n) is 15.7. The molecular formula is C22H20Cl3N3O. The van der Waals surface area contributed by atoms with Gasteiger partial charge in [-0.05, 0) is 60.7 Å². The lowest BCUT2D eigenvalue weighted by Gasteiger charge is -2.23. The number of carbonyl (C=O) groups is 1. The SMILES string of the molecule is O=C(c1ccc(Cl)cc1)N(Cc1nccn1Cc1ccc(Cl)c(Cl)c1)CC1CC1. The first-order valence-electron chi connectivity index (χ1n) is 9.48. The maximum Gasteiger partial charge on any atom is 0.254 e. The minimum atomic E-state index is -0.00217. The summed E-state index contributed by atoms with van der Waals surface area (Å²) >= 11 is 18.1. The van der Waals surface area contributed by atoms with E-state index in [1.54, 1.807) is 36.5 Å². The summed E-state index contributed by atoms with van der Waals surface area (Å²) in [5.74, 6) is 1.40. The van der Waals surface area contributed by atoms with Crippen molar-refractivity contribution in [2.75, 3.05) is 6.54 Å². The molecule has 0 bridgehead atoms. The summed E-state index contributed by atoms with van der Waals surface area (Å²) in [5, 5.41) is 1.68. The van der Waals surface area contributed by atoms with Crippen molar-refractivity contribution in [3.05, 3.63) is 86.9 Å². The van der Waals surface area contributed by atoms with Crippen LogP contribution in [0.15, 0.2) is 54.9 Å². The van der Waals surface area contributed by atoms with Crippen LogP contribution < -0.4 is 0 Å². The van der Waals surface area contributed by atoms with E-state index < -0.39 is 0 Å². The Hall–Kier alpha value is -2.01. The van der Waals surface area contributed by atoms with Gasteiger partial charge in [0.15, 0.2) is 0 Å². The van der Waals surface area contributed by atoms with Crippen LogP contribution in [0.1, 0.15) is 34.6 Å². The Morgan fingerprint density at radius 3 is 2.52 bits per heavy atom. The van der Waals surface area contributed by atoms with Crippen molar-refractivity contribution < 1.29 is 4.79 Å². The van der Waals surface area contributed by atoms with Gasteiger partial charge in [0.2, 0.25) is 0 Å². The van der Waals surface area contributed by atoms with E-state index in [1.807, 2.05) is 27.8 Å². The van der Waals surface area contributed by atoms with Crippen molar-refractivity contribution in [1.82, 2.24) is 14.5 Å². The largest absolute Gasteiger partial charge is 0.331 e. The van der Waals surface area contributed by atoms with Gasteiger partial charge in [-0.1, -0.05) is 40.9 Å². The summed E-state index contributed by atoms with van der Waals surface area (Å²) in [4.78, 5) is 19.5. The number of hydrogen-bond acceptors (Lipinski definition) is 2. The summed E-state index contributed by atoms with van der Waals surface area (Å²) in [6.07, 6.45) is 6.01. The van der Waals surface area contributed by atoms with Crippen LogP contribution in [0.5, 0.6) is 0 Å². The number of rotatable bonds is 7. The molecule has 1 aromatic heterocycles. The van der Waals surface area contributed by atoms with Crippen LogP contribution in [0, 0.1) is 5.92 Å². The molecule has 150 valence electrons. The Balaban J connectivity index is 1.53. The molecule has 4 nitrogen and oxygen atoms in total. The molecule has 2 aromatic carbocycles. The van der Waals surface area contributed by atoms with Crippen molar-refractivity contribution in [1.29, 1.82) is 0 Å². The Morgan fingerprint density at radius 1 is 1.07 bits per heavy atom. The van der Waals surface area contributed by atoms with E-state index in [9.17, 15) is 4.79 Å². The van der Waals surface area contributed by atoms with Crippen LogP contribution in [0.25, 0.3) is 0 Å². The van der Waals surface area contributed by atoms with E-state index in [4.69, 9.17) is 34.8 Å². The predicted molar refractivity (Wildman–Crippen MR) is 117 cm³/mol. The summed E-state index contributed by atoms with van der Waals surface area (Å²) in [6.45, 7) is 1.80. The van der Waals surface area contributed by atoms with E-state index in [2.05, 4.69) is 4.98 Å². The number of benzene rings is 2. The average molecular weight is 449 g/mol. The Bertz CT molecular complexity index is 1010. The lowest BCUT2D eigenvalue weighted by molar-refractivity contribution is 0.0729. The van der Waals surface area contributed by atoms with Gasteiger partial charge >= 0.3 is 0 Å². The third kappa shape index (κ3) is 5.13. The van der Waals surface area contributed by atoms with E-state index in [-0.39, 0.29) is 5.91 Å². The molecule has 0 saturated heterocycles. The van der Waals surface area contributed by atoms with Gasteiger partial charge in [-0.3, -0.25) is 4.79 Å². The second-order valence-corrected chi connectivity index (χ2v) is 8.61. The maximum atomic E-state index is 13.1. The molecule has 1 aliphatic rings. The van der Waals surface area contributed by atoms with Gasteiger partial charge in [0, 0.05) is 36.1 Å². The number of nitrogens with zero attached hydrogens (tertiary/aromatic N) is 3. The number of carbonyl (C=O) groups excluding carboxylic acids is 1. The number of hydrogen-bond donors (Lipinski definition) is 0. The second-order valence-electron chi connectivity index (χ2n) is 7.36. The van der Waals surface area contributed by atoms with Gasteiger partial charge in [-0.25, -0.2) is 4.98 Å². The summed E-state index contributed by atoms with van der Waals surface area (Å²) in [7, 11) is 0. The van der Waals surface area contributed by atoms with Gasteiger partial charge in [-0.15, -0.1) is 0 Å². The number of amides is 1. The molecule has 0 aliphatic heterocycles. The second kappa shape index (κ2) is 8.78. The lowest BCUT2D eigenvalue weighted by Crippen LogP contribution is -2.33. The fourth-order valence-corrected chi connectivity index (χ4v) is 3.69. The predicted octanol–water partition coefficient (Wildman–Crippen LogP) is 5.94. The van der Waals surface area contributed by atoms with Crippen LogP contribution in [0.3, 0.4) is 0 Å². The molecule has 1 fully saturated rings. The number of aromatic nitrogens is 2. The molecule has 7 heteroatoms. The summed E-state index contributed by atoms with van der Waals surface area (Å²) in [6, 6.07) is 12.6. The van der Waals surface area contributed by atoms with Crippen molar-refractivity contribution in [2.24, 2.45) is 5.92 Å². The van der Waals surface area contributed by atoms with E-state index >= 15 is 0 Å². The van der Waals surface area contributed by atoms with Crippen LogP contribution in [0.2, 0.25) is 15.1 Å². The van der Waals surface area contributed by atoms with Crippen molar-refractivity contribution in [3.63, 3.8) is 0 Å². The van der Waals surface area contributed by atoms with E-state index in [0.717, 1.165) is 17.9 Å². The molecule has 0 atom stereocenters. The van der Waals surface area contributed by atoms with Crippen LogP contribution in [0.4, 0.5) is 0 Å². The summed E-state index contributed by atoms with van der Waals surface area (Å²) in [5.41, 5.74) is 1.66. The van der Waals surface area contributed by atoms with E-state index in [0.29, 0.717) is 39.6 Å². The van der Waals surface area contributed by atoms with Gasteiger partial charge in [0.25, 0.3) is 5.91 Å². The molecule has 0 unspecified atom stereocenters. The highest BCUT2D eigenvalue weighted by Gasteiger charge is 2.28. The normalized spacial score (nSPS) is 13.5. The van der Waals surface area contributed by atoms with Crippen LogP contribution in [-0.2, 0) is 13.1 Å². The van der Waals surface area contributed by atoms with Crippen LogP contribution in [-0.4, -0.2) is 26.9 Å². The van der Waals surface area contributed by atoms with Crippen molar-refractivity contribution in [3.8, 4) is 0 Å². The molecule has 3 aromatic rings. The molecule has 0 spiro atoms. The zero-order chi connectivity index (χ0) is 20.4. The third-order valence-electron chi connectivity index (χ3n) is 5.02. The molecule has 1 amide bonds. The van der Waals surface area contributed by atoms with Gasteiger partial charge < -0.3 is 9.47 Å². The molecule has 1 saturated carbocycles. The molecular weight excluding hydrogens is 429 g/mol. The first-order valence-corrected chi connectivity index (χ1v) is 10.6. The van der Waals surface area contributed by atoms with Crippen molar-refractivity contribution in [2.45, 2.75) is 25.9 Å². The zero-order valence-corrected chi connectivity index (χ0v) is 18.0. The summed E-state index contributed by atoms with van der Waals surface area (Å²) < 4.78 is 2.04. The van der Waals surface area contributed by atoms with Crippen molar-refractivity contribution >= 4 is 40.7 Å². The minimum Gasteiger partial charge on any atom is -0.331 e. The minimum absolute atomic E-state index is 0.00217. The molecule has 4 rings (SSSR count). The quantitative estimate of drug-likeness (QED) is 0.448. The van der Waals surface area contributed by atoms with Gasteiger partial charge in [-0.2, -0.15) is 0 Å². The fraction of sp³-hybridized carbons (Fsp3) is 0.273. The average Bonchev–Trinajstić information content (AvgIpc) is 3.43. The first kappa shape index (κ1) is 20.3. The first-order chi connectivity index (χ1) is 14.0. The molecule has 1 aliphatic carbocycles. The number of imidazole rings is 1. The Kier molecular flexibility index (Phi) is 6.14. The molecule has 0 radical (unpaired) electrons. The highest BCUT2D eigenvalue weighted by Crippen LogP contribution is 2.31. The Labute approximate surface area is 185 Å². The fourth-order valence-electron chi connectivity index (χ4n) is 3.25. The van der Waals surface area contributed by atoms with Gasteiger partial charge in [0.1, 0.15) is 5.82 Å². The molecule has 29 heavy (non-hydrogen) atoms. The van der Waals surface area contributed by atoms with Crippen LogP contribution >= 0.6 is 34.8 Å². The van der Waals surface area contributed by atoms with E-state index in [1.165, 1.54) is 12.8 Å². The maximum absolute atomic E-state index is 13.1. The highest BCUT2D eigenvalue weighted by molar-refractivity contribution is 6.42. The van der Waals surface area contributed by atoms with Gasteiger partial charge in [0.05, 0.1) is 16.6 Å². The smallest absolute Gasteiger partial charge is 0.254 e. The molecule has 1 heterocycles. The highest BCUT2D eigenvalue weighted by atomic mass is 35.5. The number of halogens is 3. The third-order valence-corrected chi connectivity index (χ3v) is 6.02. The monoisotopic (exact) mass is 447 g/mol. The Morgan fingerprint density at radius 2 is 1.83 bits per heavy atom. The topological polar surface area (TPSA) is 38.1 Å².